The minimum absolute atomic E-state index is 0.260. The lowest BCUT2D eigenvalue weighted by Gasteiger charge is -2.17. The predicted octanol–water partition coefficient (Wildman–Crippen LogP) is 2.14. The molecule has 1 aromatic rings. The number of nitrogens with two attached hydrogens (primary N) is 1. The Hall–Kier alpha value is -0.970. The van der Waals surface area contributed by atoms with Crippen molar-refractivity contribution in [3.63, 3.8) is 0 Å². The van der Waals surface area contributed by atoms with Crippen molar-refractivity contribution in [1.29, 1.82) is 0 Å². The lowest BCUT2D eigenvalue weighted by molar-refractivity contribution is 0.316. The number of methoxy groups -OCH3 is 2. The Labute approximate surface area is 119 Å². The van der Waals surface area contributed by atoms with Crippen LogP contribution in [-0.2, 0) is 6.54 Å². The van der Waals surface area contributed by atoms with Crippen LogP contribution in [0.2, 0.25) is 5.02 Å². The van der Waals surface area contributed by atoms with Gasteiger partial charge in [0.2, 0.25) is 0 Å². The molecule has 1 aromatic carbocycles. The van der Waals surface area contributed by atoms with E-state index >= 15 is 0 Å². The highest BCUT2D eigenvalue weighted by molar-refractivity contribution is 6.32. The van der Waals surface area contributed by atoms with Crippen molar-refractivity contribution in [3.05, 3.63) is 22.7 Å². The summed E-state index contributed by atoms with van der Waals surface area (Å²) >= 11 is 6.21. The molecule has 4 nitrogen and oxygen atoms in total. The molecule has 0 aromatic heterocycles. The smallest absolute Gasteiger partial charge is 0.179 e. The minimum Gasteiger partial charge on any atom is -0.493 e. The topological polar surface area (TPSA) is 47.7 Å². The monoisotopic (exact) mass is 284 g/mol. The first-order valence-corrected chi connectivity index (χ1v) is 6.81. The molecule has 1 heterocycles. The van der Waals surface area contributed by atoms with Gasteiger partial charge in [-0.3, -0.25) is 4.90 Å². The SMILES string of the molecule is COc1cc(CN2CC(C)C(N)C2)cc(Cl)c1OC. The van der Waals surface area contributed by atoms with Gasteiger partial charge in [-0.2, -0.15) is 0 Å². The number of hydrogen-bond donors (Lipinski definition) is 1. The van der Waals surface area contributed by atoms with Crippen LogP contribution in [0.5, 0.6) is 11.5 Å². The molecule has 1 aliphatic heterocycles. The number of likely N-dealkylation sites (tertiary alicyclic amines) is 1. The van der Waals surface area contributed by atoms with E-state index < -0.39 is 0 Å². The van der Waals surface area contributed by atoms with Crippen LogP contribution in [0, 0.1) is 5.92 Å². The molecule has 0 bridgehead atoms. The maximum atomic E-state index is 6.21. The molecule has 0 radical (unpaired) electrons. The summed E-state index contributed by atoms with van der Waals surface area (Å²) in [5, 5.41) is 0.577. The highest BCUT2D eigenvalue weighted by Gasteiger charge is 2.26. The Balaban J connectivity index is 2.15. The van der Waals surface area contributed by atoms with Gasteiger partial charge in [-0.15, -0.1) is 0 Å². The Morgan fingerprint density at radius 1 is 1.32 bits per heavy atom. The van der Waals surface area contributed by atoms with Gasteiger partial charge in [0, 0.05) is 25.7 Å². The van der Waals surface area contributed by atoms with Crippen molar-refractivity contribution in [1.82, 2.24) is 4.90 Å². The summed E-state index contributed by atoms with van der Waals surface area (Å²) in [6.07, 6.45) is 0. The Kier molecular flexibility index (Phi) is 4.55. The van der Waals surface area contributed by atoms with Gasteiger partial charge < -0.3 is 15.2 Å². The second kappa shape index (κ2) is 5.99. The molecule has 1 saturated heterocycles. The van der Waals surface area contributed by atoms with Crippen molar-refractivity contribution in [2.75, 3.05) is 27.3 Å². The molecule has 1 fully saturated rings. The minimum atomic E-state index is 0.260. The first-order chi connectivity index (χ1) is 9.05. The third-order valence-corrected chi connectivity index (χ3v) is 3.93. The molecule has 19 heavy (non-hydrogen) atoms. The van der Waals surface area contributed by atoms with Gasteiger partial charge in [-0.05, 0) is 23.6 Å². The third kappa shape index (κ3) is 3.14. The summed E-state index contributed by atoms with van der Waals surface area (Å²) in [7, 11) is 3.20. The first-order valence-electron chi connectivity index (χ1n) is 6.43. The largest absolute Gasteiger partial charge is 0.493 e. The van der Waals surface area contributed by atoms with Crippen LogP contribution in [0.3, 0.4) is 0 Å². The van der Waals surface area contributed by atoms with E-state index in [-0.39, 0.29) is 6.04 Å². The summed E-state index contributed by atoms with van der Waals surface area (Å²) < 4.78 is 10.5. The van der Waals surface area contributed by atoms with E-state index in [4.69, 9.17) is 26.8 Å². The van der Waals surface area contributed by atoms with E-state index in [2.05, 4.69) is 11.8 Å². The average molecular weight is 285 g/mol. The van der Waals surface area contributed by atoms with Crippen LogP contribution in [0.25, 0.3) is 0 Å². The van der Waals surface area contributed by atoms with E-state index in [1.165, 1.54) is 0 Å². The summed E-state index contributed by atoms with van der Waals surface area (Å²) in [5.74, 6) is 1.79. The zero-order chi connectivity index (χ0) is 14.0. The molecule has 0 spiro atoms. The van der Waals surface area contributed by atoms with Gasteiger partial charge >= 0.3 is 0 Å². The van der Waals surface area contributed by atoms with Crippen molar-refractivity contribution < 1.29 is 9.47 Å². The highest BCUT2D eigenvalue weighted by Crippen LogP contribution is 2.36. The zero-order valence-corrected chi connectivity index (χ0v) is 12.4. The first kappa shape index (κ1) is 14.4. The van der Waals surface area contributed by atoms with Crippen molar-refractivity contribution >= 4 is 11.6 Å². The summed E-state index contributed by atoms with van der Waals surface area (Å²) in [5.41, 5.74) is 7.16. The fourth-order valence-corrected chi connectivity index (χ4v) is 2.86. The van der Waals surface area contributed by atoms with E-state index in [1.807, 2.05) is 12.1 Å². The van der Waals surface area contributed by atoms with E-state index in [9.17, 15) is 0 Å². The lowest BCUT2D eigenvalue weighted by atomic mass is 10.1. The number of nitrogens with zero attached hydrogens (tertiary/aromatic N) is 1. The van der Waals surface area contributed by atoms with Crippen molar-refractivity contribution in [2.24, 2.45) is 11.7 Å². The maximum Gasteiger partial charge on any atom is 0.179 e. The van der Waals surface area contributed by atoms with Gasteiger partial charge in [-0.1, -0.05) is 18.5 Å². The molecule has 0 amide bonds. The summed E-state index contributed by atoms with van der Waals surface area (Å²) in [6, 6.07) is 4.16. The van der Waals surface area contributed by atoms with Gasteiger partial charge in [0.1, 0.15) is 0 Å². The molecule has 2 atom stereocenters. The van der Waals surface area contributed by atoms with Crippen molar-refractivity contribution in [2.45, 2.75) is 19.5 Å². The molecule has 2 N–H and O–H groups in total. The van der Waals surface area contributed by atoms with Crippen LogP contribution in [0.1, 0.15) is 12.5 Å². The second-order valence-electron chi connectivity index (χ2n) is 5.15. The summed E-state index contributed by atoms with van der Waals surface area (Å²) in [6.45, 7) is 4.96. The van der Waals surface area contributed by atoms with E-state index in [1.54, 1.807) is 14.2 Å². The average Bonchev–Trinajstić information content (AvgIpc) is 2.67. The van der Waals surface area contributed by atoms with Crippen LogP contribution in [0.4, 0.5) is 0 Å². The fraction of sp³-hybridized carbons (Fsp3) is 0.571. The molecule has 106 valence electrons. The van der Waals surface area contributed by atoms with Gasteiger partial charge in [0.15, 0.2) is 11.5 Å². The quantitative estimate of drug-likeness (QED) is 0.920. The van der Waals surface area contributed by atoms with E-state index in [0.717, 1.165) is 25.2 Å². The lowest BCUT2D eigenvalue weighted by Crippen LogP contribution is -2.28. The number of rotatable bonds is 4. The van der Waals surface area contributed by atoms with Crippen LogP contribution >= 0.6 is 11.6 Å². The van der Waals surface area contributed by atoms with Crippen LogP contribution in [-0.4, -0.2) is 38.3 Å². The van der Waals surface area contributed by atoms with Crippen LogP contribution in [0.15, 0.2) is 12.1 Å². The van der Waals surface area contributed by atoms with Gasteiger partial charge in [-0.25, -0.2) is 0 Å². The molecule has 2 unspecified atom stereocenters. The van der Waals surface area contributed by atoms with E-state index in [0.29, 0.717) is 22.4 Å². The maximum absolute atomic E-state index is 6.21. The third-order valence-electron chi connectivity index (χ3n) is 3.65. The standard InChI is InChI=1S/C14H21ClN2O2/c1-9-6-17(8-12(9)16)7-10-4-11(15)14(19-3)13(5-10)18-2/h4-5,9,12H,6-8,16H2,1-3H3. The Morgan fingerprint density at radius 3 is 2.58 bits per heavy atom. The number of ether oxygens (including phenoxy) is 2. The molecule has 2 rings (SSSR count). The fourth-order valence-electron chi connectivity index (χ4n) is 2.55. The molecular formula is C14H21ClN2O2. The van der Waals surface area contributed by atoms with Crippen molar-refractivity contribution in [3.8, 4) is 11.5 Å². The van der Waals surface area contributed by atoms with Gasteiger partial charge in [0.05, 0.1) is 19.2 Å². The summed E-state index contributed by atoms with van der Waals surface area (Å²) in [4.78, 5) is 2.34. The number of hydrogen-bond acceptors (Lipinski definition) is 4. The Bertz CT molecular complexity index is 443. The van der Waals surface area contributed by atoms with Gasteiger partial charge in [0.25, 0.3) is 0 Å². The normalized spacial score (nSPS) is 23.6. The number of benzene rings is 1. The number of halogens is 1. The second-order valence-corrected chi connectivity index (χ2v) is 5.56. The molecule has 5 heteroatoms. The highest BCUT2D eigenvalue weighted by atomic mass is 35.5. The predicted molar refractivity (Wildman–Crippen MR) is 77.0 cm³/mol. The molecule has 0 aliphatic carbocycles. The molecule has 1 aliphatic rings. The molecular weight excluding hydrogens is 264 g/mol. The molecule has 0 saturated carbocycles. The van der Waals surface area contributed by atoms with Crippen LogP contribution < -0.4 is 15.2 Å². The Morgan fingerprint density at radius 2 is 2.05 bits per heavy atom. The zero-order valence-electron chi connectivity index (χ0n) is 11.6.